The predicted molar refractivity (Wildman–Crippen MR) is 108 cm³/mol. The van der Waals surface area contributed by atoms with Crippen LogP contribution in [-0.2, 0) is 15.1 Å². The van der Waals surface area contributed by atoms with Crippen LogP contribution in [0.4, 0.5) is 0 Å². The SMILES string of the molecule is COc1ccc([C]23[CH]4[CH]5[C]6(c7ccc8ccccc8n7)[CH]2[Fe]45362789[CH]3[CH]2[CH]7[CH]8[CH]39)cc1. The number of hydrogen-bond acceptors (Lipinski definition) is 2. The molecule has 3 heteroatoms. The minimum atomic E-state index is -3.60. The quantitative estimate of drug-likeness (QED) is 0.476. The van der Waals surface area contributed by atoms with Crippen LogP contribution in [-0.4, -0.2) is 12.1 Å². The van der Waals surface area contributed by atoms with Gasteiger partial charge in [0, 0.05) is 0 Å². The van der Waals surface area contributed by atoms with E-state index < -0.39 is 6.51 Å². The summed E-state index contributed by atoms with van der Waals surface area (Å²) in [4.78, 5) is 15.2. The van der Waals surface area contributed by atoms with E-state index in [2.05, 4.69) is 60.7 Å². The number of nitrogens with zero attached hydrogens (tertiary/aromatic N) is 1. The van der Waals surface area contributed by atoms with Gasteiger partial charge in [0.05, 0.1) is 0 Å². The van der Waals surface area contributed by atoms with Crippen molar-refractivity contribution in [1.29, 1.82) is 0 Å². The summed E-state index contributed by atoms with van der Waals surface area (Å²) in [6.07, 6.45) is 0. The van der Waals surface area contributed by atoms with Crippen LogP contribution in [0.5, 0.6) is 5.75 Å². The average Bonchev–Trinajstić information content (AvgIpc) is 3.72. The topological polar surface area (TPSA) is 22.1 Å². The van der Waals surface area contributed by atoms with Crippen molar-refractivity contribution in [3.8, 4) is 5.75 Å². The van der Waals surface area contributed by atoms with Crippen molar-refractivity contribution in [2.24, 2.45) is 0 Å². The van der Waals surface area contributed by atoms with Crippen LogP contribution >= 0.6 is 0 Å². The Morgan fingerprint density at radius 1 is 0.793 bits per heavy atom. The zero-order valence-electron chi connectivity index (χ0n) is 16.1. The van der Waals surface area contributed by atoms with Gasteiger partial charge in [-0.15, -0.1) is 0 Å². The molecule has 29 heavy (non-hydrogen) atoms. The molecular weight excluding hydrogens is 398 g/mol. The molecule has 2 aromatic carbocycles. The van der Waals surface area contributed by atoms with Crippen LogP contribution in [0.1, 0.15) is 11.3 Å². The number of fused-ring (bicyclic) bond motifs is 11. The van der Waals surface area contributed by atoms with Gasteiger partial charge in [0.25, 0.3) is 0 Å². The standard InChI is InChI=1S/C21H16NO.C5H5.Fe/c1-23-19-11-8-15(9-12-19)17-6-7-18(14-17)21-13-10-16-4-2-3-5-20(16)22-21;1-2-4-5-3-1;/h2-14H,1H3;1-5H;. The molecule has 5 unspecified atom stereocenters. The molecule has 2 nitrogen and oxygen atoms in total. The second-order valence-corrected chi connectivity index (χ2v) is 37.1. The van der Waals surface area contributed by atoms with Gasteiger partial charge in [-0.1, -0.05) is 0 Å². The molecule has 1 spiro atoms. The monoisotopic (exact) mass is 419 g/mol. The molecule has 0 aliphatic carbocycles. The molecular formula is C26H21FeNO. The number of aromatic nitrogens is 1. The normalized spacial score (nSPS) is 77.1. The third-order valence-corrected chi connectivity index (χ3v) is 61.1. The van der Waals surface area contributed by atoms with E-state index in [1.165, 1.54) is 44.6 Å². The van der Waals surface area contributed by atoms with Gasteiger partial charge in [0.15, 0.2) is 0 Å². The van der Waals surface area contributed by atoms with Gasteiger partial charge in [-0.25, -0.2) is 0 Å². The van der Waals surface area contributed by atoms with Crippen molar-refractivity contribution in [3.63, 3.8) is 0 Å². The first-order chi connectivity index (χ1) is 14.0. The maximum atomic E-state index is 5.50. The first-order valence-corrected chi connectivity index (χ1v) is 17.5. The van der Waals surface area contributed by atoms with E-state index in [4.69, 9.17) is 9.72 Å². The Kier molecular flexibility index (Phi) is 0.615. The van der Waals surface area contributed by atoms with Gasteiger partial charge in [0.1, 0.15) is 0 Å². The zero-order chi connectivity index (χ0) is 18.3. The Bertz CT molecular complexity index is 1850. The van der Waals surface area contributed by atoms with E-state index in [1.807, 2.05) is 0 Å². The number of para-hydroxylation sites is 1. The van der Waals surface area contributed by atoms with Crippen LogP contribution in [0.25, 0.3) is 10.9 Å². The maximum absolute atomic E-state index is 5.50. The second-order valence-electron chi connectivity index (χ2n) is 13.9. The molecule has 11 heterocycles. The summed E-state index contributed by atoms with van der Waals surface area (Å²) < 4.78 is 6.87. The summed E-state index contributed by atoms with van der Waals surface area (Å²) in [5.41, 5.74) is 4.57. The predicted octanol–water partition coefficient (Wildman–Crippen LogP) is 6.15. The molecule has 10 aliphatic heterocycles. The summed E-state index contributed by atoms with van der Waals surface area (Å²) in [6.45, 7) is -3.60. The molecule has 0 bridgehead atoms. The number of pyridine rings is 1. The van der Waals surface area contributed by atoms with Crippen LogP contribution in [0.15, 0.2) is 60.7 Å². The first-order valence-electron chi connectivity index (χ1n) is 11.3. The fourth-order valence-electron chi connectivity index (χ4n) is 20.2. The summed E-state index contributed by atoms with van der Waals surface area (Å²) in [5, 5.41) is 1.31. The van der Waals surface area contributed by atoms with Gasteiger partial charge < -0.3 is 0 Å². The molecule has 0 amide bonds. The third kappa shape index (κ3) is 0.213. The zero-order valence-corrected chi connectivity index (χ0v) is 17.2. The van der Waals surface area contributed by atoms with E-state index in [0.29, 0.717) is 8.63 Å². The van der Waals surface area contributed by atoms with E-state index in [-0.39, 0.29) is 0 Å². The van der Waals surface area contributed by atoms with Gasteiger partial charge in [-0.2, -0.15) is 0 Å². The van der Waals surface area contributed by atoms with Crippen LogP contribution < -0.4 is 4.74 Å². The number of hydrogen-bond donors (Lipinski definition) is 0. The first kappa shape index (κ1) is 12.1. The van der Waals surface area contributed by atoms with Crippen molar-refractivity contribution < 1.29 is 11.2 Å². The summed E-state index contributed by atoms with van der Waals surface area (Å²) in [6, 6.07) is 23.1. The molecule has 10 saturated heterocycles. The van der Waals surface area contributed by atoms with Crippen molar-refractivity contribution in [2.45, 2.75) is 47.2 Å². The summed E-state index contributed by atoms with van der Waals surface area (Å²) in [5.74, 6) is 1.02. The summed E-state index contributed by atoms with van der Waals surface area (Å²) in [7, 11) is 1.79. The van der Waals surface area contributed by atoms with E-state index in [0.717, 1.165) is 10.6 Å². The Balaban J connectivity index is 1.20. The van der Waals surface area contributed by atoms with Crippen molar-refractivity contribution in [2.75, 3.05) is 7.11 Å². The molecule has 144 valence electrons. The van der Waals surface area contributed by atoms with E-state index >= 15 is 0 Å². The fourth-order valence-corrected chi connectivity index (χ4v) is 96.2. The van der Waals surface area contributed by atoms with Crippen LogP contribution in [0, 0.1) is 0 Å². The Labute approximate surface area is 159 Å². The fraction of sp³-hybridized carbons (Fsp3) is 0.423. The molecule has 3 aromatic rings. The Hall–Kier alpha value is -1.83. The minimum absolute atomic E-state index is 0.651. The number of ether oxygens (including phenoxy) is 1. The molecule has 1 aromatic heterocycles. The van der Waals surface area contributed by atoms with Gasteiger partial charge >= 0.3 is 159 Å². The second kappa shape index (κ2) is 1.47. The molecule has 10 aliphatic rings. The van der Waals surface area contributed by atoms with Crippen LogP contribution in [0.3, 0.4) is 0 Å². The molecule has 0 radical (unpaired) electrons. The number of benzene rings is 2. The van der Waals surface area contributed by atoms with Crippen molar-refractivity contribution >= 4 is 10.9 Å². The number of rotatable bonds is 3. The third-order valence-electron chi connectivity index (χ3n) is 18.3. The Morgan fingerprint density at radius 2 is 1.48 bits per heavy atom. The van der Waals surface area contributed by atoms with Gasteiger partial charge in [-0.05, 0) is 0 Å². The van der Waals surface area contributed by atoms with Crippen molar-refractivity contribution in [1.82, 2.24) is 4.98 Å². The molecule has 10 fully saturated rings. The summed E-state index contributed by atoms with van der Waals surface area (Å²) >= 11 is 0. The van der Waals surface area contributed by atoms with Crippen LogP contribution in [0.2, 0.25) is 38.5 Å². The van der Waals surface area contributed by atoms with E-state index in [1.54, 1.807) is 18.4 Å². The van der Waals surface area contributed by atoms with Crippen molar-refractivity contribution in [3.05, 3.63) is 71.9 Å². The average molecular weight is 419 g/mol. The van der Waals surface area contributed by atoms with Gasteiger partial charge in [-0.3, -0.25) is 0 Å². The number of methoxy groups -OCH3 is 1. The molecule has 0 saturated carbocycles. The Morgan fingerprint density at radius 3 is 2.14 bits per heavy atom. The van der Waals surface area contributed by atoms with E-state index in [9.17, 15) is 0 Å². The molecule has 13 rings (SSSR count). The van der Waals surface area contributed by atoms with Gasteiger partial charge in [0.2, 0.25) is 0 Å². The molecule has 0 N–H and O–H groups in total. The molecule has 5 atom stereocenters.